The first-order valence-corrected chi connectivity index (χ1v) is 20.2. The molecular weight excluding hydrogens is 705 g/mol. The average Bonchev–Trinajstić information content (AvgIpc) is 4.01. The van der Waals surface area contributed by atoms with Gasteiger partial charge < -0.3 is 18.6 Å². The topological polar surface area (TPSA) is 18.0 Å². The van der Waals surface area contributed by atoms with Crippen LogP contribution in [0.4, 0.5) is 11.4 Å². The second-order valence-corrected chi connectivity index (χ2v) is 15.7. The van der Waals surface area contributed by atoms with Crippen LogP contribution in [0.1, 0.15) is 11.5 Å². The third-order valence-corrected chi connectivity index (χ3v) is 12.7. The van der Waals surface area contributed by atoms with Gasteiger partial charge in [-0.15, -0.1) is 0 Å². The Morgan fingerprint density at radius 1 is 0.310 bits per heavy atom. The van der Waals surface area contributed by atoms with E-state index in [0.717, 1.165) is 0 Å². The second kappa shape index (κ2) is 12.0. The molecule has 0 amide bonds. The van der Waals surface area contributed by atoms with Crippen molar-refractivity contribution < 1.29 is 0 Å². The molecule has 2 unspecified atom stereocenters. The molecule has 0 fully saturated rings. The van der Waals surface area contributed by atoms with Gasteiger partial charge in [0, 0.05) is 66.5 Å². The van der Waals surface area contributed by atoms with Crippen molar-refractivity contribution in [2.45, 2.75) is 12.0 Å². The molecule has 0 N–H and O–H groups in total. The Hall–Kier alpha value is -7.56. The first-order valence-electron chi connectivity index (χ1n) is 20.2. The molecule has 3 aromatic heterocycles. The Labute approximate surface area is 335 Å². The Balaban J connectivity index is 1.02. The predicted octanol–water partition coefficient (Wildman–Crippen LogP) is 13.7. The van der Waals surface area contributed by atoms with Gasteiger partial charge in [-0.1, -0.05) is 121 Å². The smallest absolute Gasteiger partial charge is 0.0630 e. The summed E-state index contributed by atoms with van der Waals surface area (Å²) in [5.74, 6) is 0.186. The molecule has 58 heavy (non-hydrogen) atoms. The van der Waals surface area contributed by atoms with E-state index >= 15 is 0 Å². The summed E-state index contributed by atoms with van der Waals surface area (Å²) < 4.78 is 7.33. The number of aromatic nitrogens is 3. The molecule has 4 nitrogen and oxygen atoms in total. The monoisotopic (exact) mass is 740 g/mol. The lowest BCUT2D eigenvalue weighted by Gasteiger charge is -2.28. The number of hydrogen-bond acceptors (Lipinski definition) is 1. The highest BCUT2D eigenvalue weighted by molar-refractivity contribution is 6.13. The van der Waals surface area contributed by atoms with Gasteiger partial charge in [-0.2, -0.15) is 0 Å². The third-order valence-electron chi connectivity index (χ3n) is 12.7. The van der Waals surface area contributed by atoms with Crippen molar-refractivity contribution in [1.29, 1.82) is 0 Å². The van der Waals surface area contributed by atoms with E-state index in [1.54, 1.807) is 0 Å². The van der Waals surface area contributed by atoms with Gasteiger partial charge in [0.15, 0.2) is 0 Å². The highest BCUT2D eigenvalue weighted by atomic mass is 15.2. The third kappa shape index (κ3) is 4.29. The Bertz CT molecular complexity index is 3490. The van der Waals surface area contributed by atoms with Crippen molar-refractivity contribution in [2.75, 3.05) is 4.90 Å². The largest absolute Gasteiger partial charge is 0.333 e. The zero-order valence-corrected chi connectivity index (χ0v) is 31.6. The normalized spacial score (nSPS) is 16.1. The summed E-state index contributed by atoms with van der Waals surface area (Å²) in [6.45, 7) is 0. The van der Waals surface area contributed by atoms with E-state index in [4.69, 9.17) is 0 Å². The van der Waals surface area contributed by atoms with Crippen molar-refractivity contribution in [3.8, 4) is 17.1 Å². The SMILES string of the molecule is C1=CC2c3c(cccc3-n3c4ccccc4c4cc(-n5c6ccccc6c6ccccc65)ccc43)N(c3ccc4c(c3)c3ccccc3n4-c3ccccc3)C2C=C1. The van der Waals surface area contributed by atoms with Crippen LogP contribution in [0.3, 0.4) is 0 Å². The van der Waals surface area contributed by atoms with Crippen LogP contribution in [0.2, 0.25) is 0 Å². The van der Waals surface area contributed by atoms with E-state index in [1.165, 1.54) is 99.4 Å². The van der Waals surface area contributed by atoms with Crippen molar-refractivity contribution in [3.05, 3.63) is 212 Å². The highest BCUT2D eigenvalue weighted by Crippen LogP contribution is 2.52. The molecule has 11 aromatic rings. The minimum Gasteiger partial charge on any atom is -0.333 e. The fourth-order valence-electron chi connectivity index (χ4n) is 10.4. The molecule has 2 atom stereocenters. The van der Waals surface area contributed by atoms with Gasteiger partial charge >= 0.3 is 0 Å². The molecule has 0 bridgehead atoms. The van der Waals surface area contributed by atoms with Gasteiger partial charge in [0.2, 0.25) is 0 Å². The molecule has 0 spiro atoms. The van der Waals surface area contributed by atoms with Crippen LogP contribution in [0, 0.1) is 0 Å². The summed E-state index contributed by atoms with van der Waals surface area (Å²) in [6, 6.07) is 67.1. The van der Waals surface area contributed by atoms with Gasteiger partial charge in [-0.25, -0.2) is 0 Å². The molecule has 1 aliphatic carbocycles. The van der Waals surface area contributed by atoms with Crippen LogP contribution in [0.5, 0.6) is 0 Å². The number of allylic oxidation sites excluding steroid dienone is 2. The lowest BCUT2D eigenvalue weighted by Crippen LogP contribution is -2.28. The molecular formula is C54H36N4. The molecule has 0 saturated heterocycles. The molecule has 8 aromatic carbocycles. The Morgan fingerprint density at radius 3 is 1.43 bits per heavy atom. The van der Waals surface area contributed by atoms with Crippen LogP contribution in [-0.2, 0) is 0 Å². The highest BCUT2D eigenvalue weighted by Gasteiger charge is 2.40. The first-order chi connectivity index (χ1) is 28.8. The van der Waals surface area contributed by atoms with Crippen LogP contribution in [0.15, 0.2) is 206 Å². The van der Waals surface area contributed by atoms with Gasteiger partial charge in [0.25, 0.3) is 0 Å². The molecule has 1 aliphatic heterocycles. The maximum absolute atomic E-state index is 2.58. The number of anilines is 2. The number of hydrogen-bond donors (Lipinski definition) is 0. The van der Waals surface area contributed by atoms with E-state index in [-0.39, 0.29) is 12.0 Å². The molecule has 4 heteroatoms. The summed E-state index contributed by atoms with van der Waals surface area (Å²) in [4.78, 5) is 2.58. The standard InChI is InChI=1S/C54H36N4/c1-2-15-35(16-3-1)55-47-24-11-6-19-40(47)43-34-37(29-31-50(43)55)57-49-26-13-8-21-42(49)54-52(57)27-14-28-53(54)58-48-25-12-7-20-41(48)44-33-36(30-32-51(44)58)56-45-22-9-4-17-38(45)39-18-5-10-23-46(39)56/h1-34,42,49H. The minimum absolute atomic E-state index is 0.149. The summed E-state index contributed by atoms with van der Waals surface area (Å²) in [5, 5.41) is 7.57. The summed E-state index contributed by atoms with van der Waals surface area (Å²) >= 11 is 0. The van der Waals surface area contributed by atoms with Gasteiger partial charge in [-0.3, -0.25) is 0 Å². The summed E-state index contributed by atoms with van der Waals surface area (Å²) in [7, 11) is 0. The molecule has 4 heterocycles. The van der Waals surface area contributed by atoms with E-state index in [9.17, 15) is 0 Å². The fraction of sp³-hybridized carbons (Fsp3) is 0.0370. The van der Waals surface area contributed by atoms with Crippen LogP contribution in [0.25, 0.3) is 82.5 Å². The van der Waals surface area contributed by atoms with Crippen molar-refractivity contribution >= 4 is 76.8 Å². The van der Waals surface area contributed by atoms with Crippen molar-refractivity contribution in [1.82, 2.24) is 13.7 Å². The lowest BCUT2D eigenvalue weighted by atomic mass is 9.90. The van der Waals surface area contributed by atoms with Crippen molar-refractivity contribution in [3.63, 3.8) is 0 Å². The van der Waals surface area contributed by atoms with E-state index in [0.29, 0.717) is 0 Å². The molecule has 2 aliphatic rings. The zero-order chi connectivity index (χ0) is 37.9. The first kappa shape index (κ1) is 31.6. The molecule has 13 rings (SSSR count). The number of benzene rings is 8. The number of fused-ring (bicyclic) bond motifs is 12. The molecule has 0 radical (unpaired) electrons. The summed E-state index contributed by atoms with van der Waals surface area (Å²) in [5.41, 5.74) is 14.7. The van der Waals surface area contributed by atoms with Gasteiger partial charge in [0.1, 0.15) is 0 Å². The number of para-hydroxylation sites is 5. The number of rotatable bonds is 4. The average molecular weight is 741 g/mol. The van der Waals surface area contributed by atoms with Crippen LogP contribution in [-0.4, -0.2) is 19.7 Å². The van der Waals surface area contributed by atoms with E-state index in [2.05, 4.69) is 225 Å². The zero-order valence-electron chi connectivity index (χ0n) is 31.6. The van der Waals surface area contributed by atoms with Crippen molar-refractivity contribution in [2.24, 2.45) is 0 Å². The fourth-order valence-corrected chi connectivity index (χ4v) is 10.4. The number of nitrogens with zero attached hydrogens (tertiary/aromatic N) is 4. The Morgan fingerprint density at radius 2 is 0.776 bits per heavy atom. The van der Waals surface area contributed by atoms with E-state index < -0.39 is 0 Å². The molecule has 0 saturated carbocycles. The maximum Gasteiger partial charge on any atom is 0.0630 e. The van der Waals surface area contributed by atoms with Crippen LogP contribution >= 0.6 is 0 Å². The Kier molecular flexibility index (Phi) is 6.53. The molecule has 272 valence electrons. The van der Waals surface area contributed by atoms with Gasteiger partial charge in [0.05, 0.1) is 44.8 Å². The quantitative estimate of drug-likeness (QED) is 0.176. The van der Waals surface area contributed by atoms with Crippen LogP contribution < -0.4 is 4.90 Å². The summed E-state index contributed by atoms with van der Waals surface area (Å²) in [6.07, 6.45) is 9.23. The predicted molar refractivity (Wildman–Crippen MR) is 243 cm³/mol. The second-order valence-electron chi connectivity index (χ2n) is 15.7. The van der Waals surface area contributed by atoms with E-state index in [1.807, 2.05) is 0 Å². The minimum atomic E-state index is 0.149. The maximum atomic E-state index is 2.58. The lowest BCUT2D eigenvalue weighted by molar-refractivity contribution is 0.742. The van der Waals surface area contributed by atoms with Gasteiger partial charge in [-0.05, 0) is 84.9 Å².